The standard InChI is InChI=1S/C21H20F2N4O4/c1-30-13-7-15(22)18(16(23)8-13)14-9-27-17(10-28)25-26-20(27)19(14)24-21(29)31-11-12-5-3-2-4-6-12/h2-8,14,19,28H,9-11H2,1H3,(H,24,29)/t14-,19-/m0/s1. The minimum Gasteiger partial charge on any atom is -0.497 e. The summed E-state index contributed by atoms with van der Waals surface area (Å²) in [5.41, 5.74) is 0.571. The zero-order valence-corrected chi connectivity index (χ0v) is 16.6. The first kappa shape index (κ1) is 20.7. The molecule has 1 amide bonds. The van der Waals surface area contributed by atoms with E-state index >= 15 is 0 Å². The van der Waals surface area contributed by atoms with E-state index in [9.17, 15) is 18.7 Å². The molecule has 8 nitrogen and oxygen atoms in total. The maximum atomic E-state index is 14.8. The number of fused-ring (bicyclic) bond motifs is 1. The molecule has 2 heterocycles. The molecule has 1 aliphatic heterocycles. The Balaban J connectivity index is 1.61. The quantitative estimate of drug-likeness (QED) is 0.624. The molecule has 0 unspecified atom stereocenters. The van der Waals surface area contributed by atoms with Gasteiger partial charge in [-0.1, -0.05) is 30.3 Å². The minimum atomic E-state index is -0.909. The first-order valence-electron chi connectivity index (χ1n) is 9.54. The molecule has 2 atom stereocenters. The van der Waals surface area contributed by atoms with Gasteiger partial charge >= 0.3 is 6.09 Å². The van der Waals surface area contributed by atoms with Gasteiger partial charge in [0.1, 0.15) is 36.6 Å². The smallest absolute Gasteiger partial charge is 0.408 e. The molecule has 0 saturated heterocycles. The van der Waals surface area contributed by atoms with Gasteiger partial charge in [0.15, 0.2) is 11.6 Å². The predicted octanol–water partition coefficient (Wildman–Crippen LogP) is 2.82. The number of hydrogen-bond acceptors (Lipinski definition) is 6. The monoisotopic (exact) mass is 430 g/mol. The molecule has 0 aliphatic carbocycles. The van der Waals surface area contributed by atoms with Gasteiger partial charge in [-0.05, 0) is 5.56 Å². The Morgan fingerprint density at radius 3 is 2.58 bits per heavy atom. The zero-order valence-electron chi connectivity index (χ0n) is 16.6. The van der Waals surface area contributed by atoms with E-state index in [2.05, 4.69) is 15.5 Å². The Hall–Kier alpha value is -3.53. The lowest BCUT2D eigenvalue weighted by Crippen LogP contribution is -2.32. The van der Waals surface area contributed by atoms with E-state index in [0.717, 1.165) is 17.7 Å². The molecule has 0 fully saturated rings. The van der Waals surface area contributed by atoms with Crippen LogP contribution in [-0.4, -0.2) is 33.1 Å². The lowest BCUT2D eigenvalue weighted by molar-refractivity contribution is 0.134. The number of rotatable bonds is 6. The van der Waals surface area contributed by atoms with E-state index in [1.54, 1.807) is 12.1 Å². The van der Waals surface area contributed by atoms with Crippen LogP contribution in [0.2, 0.25) is 0 Å². The molecule has 0 radical (unpaired) electrons. The van der Waals surface area contributed by atoms with Gasteiger partial charge in [0.25, 0.3) is 0 Å². The largest absolute Gasteiger partial charge is 0.497 e. The summed E-state index contributed by atoms with van der Waals surface area (Å²) in [6.45, 7) is -0.301. The average Bonchev–Trinajstić information content (AvgIpc) is 3.32. The van der Waals surface area contributed by atoms with E-state index in [1.807, 2.05) is 18.2 Å². The number of alkyl carbamates (subject to hydrolysis) is 1. The van der Waals surface area contributed by atoms with Gasteiger partial charge in [0.05, 0.1) is 7.11 Å². The van der Waals surface area contributed by atoms with Crippen molar-refractivity contribution in [2.45, 2.75) is 31.7 Å². The van der Waals surface area contributed by atoms with Gasteiger partial charge in [0, 0.05) is 30.2 Å². The normalized spacial score (nSPS) is 17.3. The number of amides is 1. The van der Waals surface area contributed by atoms with E-state index in [-0.39, 0.29) is 36.1 Å². The average molecular weight is 430 g/mol. The molecular weight excluding hydrogens is 410 g/mol. The van der Waals surface area contributed by atoms with Crippen molar-refractivity contribution < 1.29 is 28.2 Å². The molecule has 162 valence electrons. The maximum Gasteiger partial charge on any atom is 0.408 e. The summed E-state index contributed by atoms with van der Waals surface area (Å²) in [5, 5.41) is 20.0. The lowest BCUT2D eigenvalue weighted by Gasteiger charge is -2.21. The van der Waals surface area contributed by atoms with E-state index in [1.165, 1.54) is 11.7 Å². The van der Waals surface area contributed by atoms with Crippen molar-refractivity contribution in [2.75, 3.05) is 7.11 Å². The molecule has 3 aromatic rings. The molecule has 31 heavy (non-hydrogen) atoms. The fraction of sp³-hybridized carbons (Fsp3) is 0.286. The molecule has 0 spiro atoms. The fourth-order valence-electron chi connectivity index (χ4n) is 3.73. The molecular formula is C21H20F2N4O4. The van der Waals surface area contributed by atoms with Crippen LogP contribution in [0, 0.1) is 11.6 Å². The van der Waals surface area contributed by atoms with Crippen LogP contribution in [0.5, 0.6) is 5.75 Å². The van der Waals surface area contributed by atoms with Crippen LogP contribution >= 0.6 is 0 Å². The van der Waals surface area contributed by atoms with Crippen molar-refractivity contribution in [3.63, 3.8) is 0 Å². The van der Waals surface area contributed by atoms with Crippen molar-refractivity contribution in [2.24, 2.45) is 0 Å². The highest BCUT2D eigenvalue weighted by Crippen LogP contribution is 2.41. The number of methoxy groups -OCH3 is 1. The number of carbonyl (C=O) groups is 1. The van der Waals surface area contributed by atoms with E-state index < -0.39 is 36.3 Å². The van der Waals surface area contributed by atoms with Crippen LogP contribution in [0.25, 0.3) is 0 Å². The summed E-state index contributed by atoms with van der Waals surface area (Å²) >= 11 is 0. The van der Waals surface area contributed by atoms with Crippen LogP contribution in [0.4, 0.5) is 13.6 Å². The van der Waals surface area contributed by atoms with Gasteiger partial charge in [-0.15, -0.1) is 10.2 Å². The number of aliphatic hydroxyl groups is 1. The maximum absolute atomic E-state index is 14.8. The van der Waals surface area contributed by atoms with Gasteiger partial charge < -0.3 is 24.5 Å². The van der Waals surface area contributed by atoms with Gasteiger partial charge in [0.2, 0.25) is 0 Å². The molecule has 2 N–H and O–H groups in total. The second-order valence-electron chi connectivity index (χ2n) is 7.04. The minimum absolute atomic E-state index is 0.0316. The summed E-state index contributed by atoms with van der Waals surface area (Å²) in [6, 6.07) is 10.3. The Bertz CT molecular complexity index is 1070. The van der Waals surface area contributed by atoms with Crippen LogP contribution in [0.3, 0.4) is 0 Å². The predicted molar refractivity (Wildman–Crippen MR) is 104 cm³/mol. The Kier molecular flexibility index (Phi) is 5.81. The fourth-order valence-corrected chi connectivity index (χ4v) is 3.73. The Morgan fingerprint density at radius 2 is 1.94 bits per heavy atom. The highest BCUT2D eigenvalue weighted by molar-refractivity contribution is 5.68. The Labute approximate surface area is 176 Å². The second-order valence-corrected chi connectivity index (χ2v) is 7.04. The third-order valence-electron chi connectivity index (χ3n) is 5.20. The van der Waals surface area contributed by atoms with Crippen molar-refractivity contribution in [1.82, 2.24) is 20.1 Å². The van der Waals surface area contributed by atoms with Crippen molar-refractivity contribution in [3.8, 4) is 5.75 Å². The lowest BCUT2D eigenvalue weighted by atomic mass is 9.92. The summed E-state index contributed by atoms with van der Waals surface area (Å²) in [4.78, 5) is 12.5. The van der Waals surface area contributed by atoms with E-state index in [4.69, 9.17) is 9.47 Å². The number of nitrogens with one attached hydrogen (secondary N) is 1. The van der Waals surface area contributed by atoms with Crippen LogP contribution in [0.1, 0.15) is 34.7 Å². The summed E-state index contributed by atoms with van der Waals surface area (Å²) < 4.78 is 41.3. The molecule has 0 bridgehead atoms. The molecule has 1 aromatic heterocycles. The summed E-state index contributed by atoms with van der Waals surface area (Å²) in [6.07, 6.45) is -0.768. The van der Waals surface area contributed by atoms with Gasteiger partial charge in [-0.3, -0.25) is 0 Å². The number of carbonyl (C=O) groups excluding carboxylic acids is 1. The molecule has 1 aliphatic rings. The van der Waals surface area contributed by atoms with Crippen LogP contribution in [-0.2, 0) is 24.5 Å². The highest BCUT2D eigenvalue weighted by Gasteiger charge is 2.41. The number of benzene rings is 2. The summed E-state index contributed by atoms with van der Waals surface area (Å²) in [7, 11) is 1.31. The number of aromatic nitrogens is 3. The summed E-state index contributed by atoms with van der Waals surface area (Å²) in [5.74, 6) is -1.90. The van der Waals surface area contributed by atoms with Crippen LogP contribution < -0.4 is 10.1 Å². The Morgan fingerprint density at radius 1 is 1.23 bits per heavy atom. The highest BCUT2D eigenvalue weighted by atomic mass is 19.1. The number of halogens is 2. The van der Waals surface area contributed by atoms with E-state index in [0.29, 0.717) is 0 Å². The first-order valence-corrected chi connectivity index (χ1v) is 9.54. The number of hydrogen-bond donors (Lipinski definition) is 2. The molecule has 0 saturated carbocycles. The molecule has 4 rings (SSSR count). The number of aliphatic hydroxyl groups excluding tert-OH is 1. The van der Waals surface area contributed by atoms with Gasteiger partial charge in [-0.2, -0.15) is 0 Å². The van der Waals surface area contributed by atoms with Crippen LogP contribution in [0.15, 0.2) is 42.5 Å². The topological polar surface area (TPSA) is 98.5 Å². The molecule has 2 aromatic carbocycles. The molecule has 10 heteroatoms. The van der Waals surface area contributed by atoms with Crippen molar-refractivity contribution in [3.05, 3.63) is 76.9 Å². The SMILES string of the molecule is COc1cc(F)c([C@@H]2Cn3c(CO)nnc3[C@H]2NC(=O)OCc2ccccc2)c(F)c1. The number of nitrogens with zero attached hydrogens (tertiary/aromatic N) is 3. The number of ether oxygens (including phenoxy) is 2. The third kappa shape index (κ3) is 4.06. The van der Waals surface area contributed by atoms with Gasteiger partial charge in [-0.25, -0.2) is 13.6 Å². The zero-order chi connectivity index (χ0) is 22.0. The first-order chi connectivity index (χ1) is 15.0. The van der Waals surface area contributed by atoms with Crippen molar-refractivity contribution in [1.29, 1.82) is 0 Å². The van der Waals surface area contributed by atoms with Crippen molar-refractivity contribution >= 4 is 6.09 Å². The third-order valence-corrected chi connectivity index (χ3v) is 5.20. The second kappa shape index (κ2) is 8.68.